The molecule has 0 saturated carbocycles. The molecule has 2 aromatic heterocycles. The Morgan fingerprint density at radius 3 is 2.72 bits per heavy atom. The van der Waals surface area contributed by atoms with E-state index < -0.39 is 0 Å². The van der Waals surface area contributed by atoms with Gasteiger partial charge in [-0.25, -0.2) is 9.67 Å². The molecule has 0 spiro atoms. The van der Waals surface area contributed by atoms with E-state index in [0.717, 1.165) is 39.4 Å². The normalized spacial score (nSPS) is 10.6. The fourth-order valence-corrected chi connectivity index (χ4v) is 3.07. The SMILES string of the molecule is C#Cc1ccc2nn(-c3cc(Nc4nc(C)cc(NC)n4)ccc3OC)cc2c1. The standard InChI is InChI=1S/C22H20N6O/c1-5-15-6-8-18-16(11-15)13-28(27-18)19-12-17(7-9-20(19)29-4)25-22-24-14(2)10-21(23-3)26-22/h1,6-13H,2-4H3,(H2,23,24,25,26). The van der Waals surface area contributed by atoms with E-state index in [1.807, 2.05) is 62.6 Å². The third kappa shape index (κ3) is 3.69. The number of methoxy groups -OCH3 is 1. The Hall–Kier alpha value is -4.05. The summed E-state index contributed by atoms with van der Waals surface area (Å²) < 4.78 is 7.32. The molecule has 0 atom stereocenters. The quantitative estimate of drug-likeness (QED) is 0.508. The van der Waals surface area contributed by atoms with Crippen LogP contribution in [-0.2, 0) is 0 Å². The monoisotopic (exact) mass is 384 g/mol. The highest BCUT2D eigenvalue weighted by Crippen LogP contribution is 2.29. The van der Waals surface area contributed by atoms with Crippen molar-refractivity contribution < 1.29 is 4.74 Å². The number of hydrogen-bond donors (Lipinski definition) is 2. The maximum Gasteiger partial charge on any atom is 0.229 e. The van der Waals surface area contributed by atoms with E-state index in [-0.39, 0.29) is 0 Å². The molecule has 0 unspecified atom stereocenters. The number of aromatic nitrogens is 4. The summed E-state index contributed by atoms with van der Waals surface area (Å²) in [6.45, 7) is 1.92. The van der Waals surface area contributed by atoms with Crippen LogP contribution in [0, 0.1) is 19.3 Å². The third-order valence-electron chi connectivity index (χ3n) is 4.46. The average molecular weight is 384 g/mol. The first kappa shape index (κ1) is 18.3. The number of rotatable bonds is 5. The molecule has 0 fully saturated rings. The number of fused-ring (bicyclic) bond motifs is 1. The van der Waals surface area contributed by atoms with Crippen LogP contribution in [0.15, 0.2) is 48.7 Å². The number of nitrogens with one attached hydrogen (secondary N) is 2. The van der Waals surface area contributed by atoms with Crippen LogP contribution in [0.5, 0.6) is 5.75 Å². The lowest BCUT2D eigenvalue weighted by molar-refractivity contribution is 0.412. The van der Waals surface area contributed by atoms with Crippen LogP contribution >= 0.6 is 0 Å². The van der Waals surface area contributed by atoms with Gasteiger partial charge in [-0.05, 0) is 43.3 Å². The summed E-state index contributed by atoms with van der Waals surface area (Å²) in [4.78, 5) is 8.88. The predicted molar refractivity (Wildman–Crippen MR) is 115 cm³/mol. The maximum absolute atomic E-state index is 5.54. The fourth-order valence-electron chi connectivity index (χ4n) is 3.07. The molecule has 2 aromatic carbocycles. The van der Waals surface area contributed by atoms with Gasteiger partial charge < -0.3 is 15.4 Å². The molecule has 0 amide bonds. The van der Waals surface area contributed by atoms with Gasteiger partial charge in [0.1, 0.15) is 17.3 Å². The first-order valence-electron chi connectivity index (χ1n) is 9.04. The van der Waals surface area contributed by atoms with Gasteiger partial charge in [0, 0.05) is 41.6 Å². The second kappa shape index (κ2) is 7.52. The minimum absolute atomic E-state index is 0.509. The van der Waals surface area contributed by atoms with Crippen molar-refractivity contribution in [3.05, 3.63) is 59.9 Å². The van der Waals surface area contributed by atoms with Crippen molar-refractivity contribution in [2.75, 3.05) is 24.8 Å². The molecule has 0 aliphatic carbocycles. The van der Waals surface area contributed by atoms with Crippen molar-refractivity contribution in [2.24, 2.45) is 0 Å². The number of anilines is 3. The molecule has 0 aliphatic rings. The van der Waals surface area contributed by atoms with Crippen LogP contribution in [0.1, 0.15) is 11.3 Å². The molecule has 7 heteroatoms. The molecule has 0 aliphatic heterocycles. The van der Waals surface area contributed by atoms with Crippen molar-refractivity contribution in [2.45, 2.75) is 6.92 Å². The number of benzene rings is 2. The maximum atomic E-state index is 5.54. The number of ether oxygens (including phenoxy) is 1. The minimum Gasteiger partial charge on any atom is -0.494 e. The lowest BCUT2D eigenvalue weighted by atomic mass is 10.2. The van der Waals surface area contributed by atoms with E-state index in [4.69, 9.17) is 11.2 Å². The van der Waals surface area contributed by atoms with Gasteiger partial charge in [0.05, 0.1) is 12.6 Å². The number of hydrogen-bond acceptors (Lipinski definition) is 6. The zero-order chi connectivity index (χ0) is 20.4. The van der Waals surface area contributed by atoms with Gasteiger partial charge in [0.25, 0.3) is 0 Å². The highest BCUT2D eigenvalue weighted by atomic mass is 16.5. The second-order valence-corrected chi connectivity index (χ2v) is 6.47. The zero-order valence-electron chi connectivity index (χ0n) is 16.4. The molecule has 4 rings (SSSR count). The minimum atomic E-state index is 0.509. The van der Waals surface area contributed by atoms with E-state index in [9.17, 15) is 0 Å². The molecule has 4 aromatic rings. The van der Waals surface area contributed by atoms with E-state index in [1.165, 1.54) is 0 Å². The Morgan fingerprint density at radius 2 is 1.97 bits per heavy atom. The lowest BCUT2D eigenvalue weighted by Gasteiger charge is -2.12. The van der Waals surface area contributed by atoms with Crippen molar-refractivity contribution in [3.8, 4) is 23.8 Å². The Bertz CT molecular complexity index is 1240. The molecule has 2 N–H and O–H groups in total. The molecule has 7 nitrogen and oxygen atoms in total. The van der Waals surface area contributed by atoms with Crippen LogP contribution in [0.2, 0.25) is 0 Å². The largest absolute Gasteiger partial charge is 0.494 e. The molecule has 0 bridgehead atoms. The molecule has 144 valence electrons. The van der Waals surface area contributed by atoms with Gasteiger partial charge in [-0.2, -0.15) is 10.1 Å². The van der Waals surface area contributed by atoms with Crippen LogP contribution in [0.3, 0.4) is 0 Å². The predicted octanol–water partition coefficient (Wildman–Crippen LogP) is 3.90. The molecule has 29 heavy (non-hydrogen) atoms. The molecular formula is C22H20N6O. The van der Waals surface area contributed by atoms with Gasteiger partial charge >= 0.3 is 0 Å². The van der Waals surface area contributed by atoms with Crippen LogP contribution in [0.25, 0.3) is 16.6 Å². The number of nitrogens with zero attached hydrogens (tertiary/aromatic N) is 4. The van der Waals surface area contributed by atoms with Gasteiger partial charge in [0.15, 0.2) is 0 Å². The van der Waals surface area contributed by atoms with Crippen LogP contribution < -0.4 is 15.4 Å². The molecule has 0 radical (unpaired) electrons. The Balaban J connectivity index is 1.74. The topological polar surface area (TPSA) is 76.9 Å². The fraction of sp³-hybridized carbons (Fsp3) is 0.136. The van der Waals surface area contributed by atoms with Crippen molar-refractivity contribution >= 4 is 28.4 Å². The number of aryl methyl sites for hydroxylation is 1. The van der Waals surface area contributed by atoms with E-state index in [1.54, 1.807) is 11.8 Å². The summed E-state index contributed by atoms with van der Waals surface area (Å²) in [6.07, 6.45) is 7.44. The highest BCUT2D eigenvalue weighted by Gasteiger charge is 2.11. The summed E-state index contributed by atoms with van der Waals surface area (Å²) in [5, 5.41) is 11.9. The Kier molecular flexibility index (Phi) is 4.75. The Morgan fingerprint density at radius 1 is 1.10 bits per heavy atom. The summed E-state index contributed by atoms with van der Waals surface area (Å²) in [5.74, 6) is 4.60. The summed E-state index contributed by atoms with van der Waals surface area (Å²) >= 11 is 0. The van der Waals surface area contributed by atoms with Gasteiger partial charge in [-0.1, -0.05) is 5.92 Å². The zero-order valence-corrected chi connectivity index (χ0v) is 16.4. The summed E-state index contributed by atoms with van der Waals surface area (Å²) in [5.41, 5.74) is 4.14. The summed E-state index contributed by atoms with van der Waals surface area (Å²) in [7, 11) is 3.46. The van der Waals surface area contributed by atoms with E-state index in [2.05, 4.69) is 31.6 Å². The molecular weight excluding hydrogens is 364 g/mol. The second-order valence-electron chi connectivity index (χ2n) is 6.47. The van der Waals surface area contributed by atoms with Crippen molar-refractivity contribution in [3.63, 3.8) is 0 Å². The van der Waals surface area contributed by atoms with Gasteiger partial charge in [-0.3, -0.25) is 0 Å². The van der Waals surface area contributed by atoms with Crippen LogP contribution in [0.4, 0.5) is 17.5 Å². The van der Waals surface area contributed by atoms with E-state index in [0.29, 0.717) is 11.7 Å². The van der Waals surface area contributed by atoms with Crippen molar-refractivity contribution in [1.29, 1.82) is 0 Å². The third-order valence-corrected chi connectivity index (χ3v) is 4.46. The molecule has 2 heterocycles. The smallest absolute Gasteiger partial charge is 0.229 e. The molecule has 0 saturated heterocycles. The van der Waals surface area contributed by atoms with Gasteiger partial charge in [0.2, 0.25) is 5.95 Å². The highest BCUT2D eigenvalue weighted by molar-refractivity contribution is 5.80. The first-order valence-corrected chi connectivity index (χ1v) is 9.04. The number of terminal acetylenes is 1. The lowest BCUT2D eigenvalue weighted by Crippen LogP contribution is -2.04. The average Bonchev–Trinajstić information content (AvgIpc) is 3.16. The first-order chi connectivity index (χ1) is 14.1. The van der Waals surface area contributed by atoms with Gasteiger partial charge in [-0.15, -0.1) is 6.42 Å². The summed E-state index contributed by atoms with van der Waals surface area (Å²) in [6, 6.07) is 13.3. The van der Waals surface area contributed by atoms with E-state index >= 15 is 0 Å². The Labute approximate surface area is 168 Å². The van der Waals surface area contributed by atoms with Crippen molar-refractivity contribution in [1.82, 2.24) is 19.7 Å². The van der Waals surface area contributed by atoms with Crippen LogP contribution in [-0.4, -0.2) is 33.9 Å².